The van der Waals surface area contributed by atoms with Crippen LogP contribution in [0, 0.1) is 0 Å². The Balaban J connectivity index is 2.18. The van der Waals surface area contributed by atoms with Gasteiger partial charge in [-0.1, -0.05) is 0 Å². The van der Waals surface area contributed by atoms with Crippen LogP contribution in [0.1, 0.15) is 6.42 Å². The topological polar surface area (TPSA) is 26.7 Å². The van der Waals surface area contributed by atoms with E-state index in [1.54, 1.807) is 0 Å². The normalized spacial score (nSPS) is 20.5. The molecule has 1 aliphatic heterocycles. The summed E-state index contributed by atoms with van der Waals surface area (Å²) in [4.78, 5) is 4.22. The number of hydrogen-bond acceptors (Lipinski definition) is 4. The van der Waals surface area contributed by atoms with Crippen molar-refractivity contribution in [1.82, 2.24) is 9.80 Å². The smallest absolute Gasteiger partial charge is 0.395 e. The average Bonchev–Trinajstić information content (AvgIpc) is 2.43. The molecule has 1 N–H and O–H groups in total. The van der Waals surface area contributed by atoms with Crippen LogP contribution in [-0.2, 0) is 0 Å². The zero-order valence-corrected chi connectivity index (χ0v) is 10.6. The van der Waals surface area contributed by atoms with Crippen LogP contribution < -0.4 is 0 Å². The van der Waals surface area contributed by atoms with Crippen LogP contribution in [0.15, 0.2) is 0 Å². The van der Waals surface area contributed by atoms with Gasteiger partial charge in [-0.05, 0) is 31.3 Å². The number of aliphatic hydroxyl groups is 1. The van der Waals surface area contributed by atoms with Crippen molar-refractivity contribution in [2.45, 2.75) is 11.9 Å². The van der Waals surface area contributed by atoms with E-state index in [-0.39, 0.29) is 24.1 Å². The molecule has 3 nitrogen and oxygen atoms in total. The summed E-state index contributed by atoms with van der Waals surface area (Å²) in [5.41, 5.74) is -4.12. The van der Waals surface area contributed by atoms with Crippen molar-refractivity contribution in [2.75, 3.05) is 51.6 Å². The van der Waals surface area contributed by atoms with Crippen molar-refractivity contribution in [2.24, 2.45) is 0 Å². The van der Waals surface area contributed by atoms with Gasteiger partial charge in [0.25, 0.3) is 0 Å². The van der Waals surface area contributed by atoms with E-state index in [0.717, 1.165) is 32.6 Å². The Morgan fingerprint density at radius 3 is 2.12 bits per heavy atom. The molecular weight excluding hydrogens is 253 g/mol. The van der Waals surface area contributed by atoms with Crippen molar-refractivity contribution in [3.63, 3.8) is 0 Å². The molecule has 0 saturated carbocycles. The van der Waals surface area contributed by atoms with Gasteiger partial charge in [-0.15, -0.1) is 0 Å². The highest BCUT2D eigenvalue weighted by Crippen LogP contribution is 2.29. The Labute approximate surface area is 104 Å². The van der Waals surface area contributed by atoms with Crippen molar-refractivity contribution in [1.29, 1.82) is 0 Å². The first-order valence-corrected chi connectivity index (χ1v) is 6.76. The van der Waals surface area contributed by atoms with Crippen LogP contribution in [0.5, 0.6) is 0 Å². The Hall–Kier alpha value is 0.0200. The summed E-state index contributed by atoms with van der Waals surface area (Å²) in [7, 11) is 0. The predicted octanol–water partition coefficient (Wildman–Crippen LogP) is 1.24. The Bertz CT molecular complexity index is 216. The molecule has 0 aromatic rings. The molecule has 0 unspecified atom stereocenters. The summed E-state index contributed by atoms with van der Waals surface area (Å²) in [5, 5.41) is 8.82. The molecule has 1 fully saturated rings. The first-order chi connectivity index (χ1) is 8.01. The number of halogens is 3. The molecule has 0 atom stereocenters. The van der Waals surface area contributed by atoms with Gasteiger partial charge >= 0.3 is 5.51 Å². The molecule has 102 valence electrons. The summed E-state index contributed by atoms with van der Waals surface area (Å²) in [6, 6.07) is 0. The fourth-order valence-corrected chi connectivity index (χ4v) is 2.48. The number of rotatable bonds is 5. The number of nitrogens with zero attached hydrogens (tertiary/aromatic N) is 2. The SMILES string of the molecule is OCCN1CCCN(CCSC(F)(F)F)CC1. The fraction of sp³-hybridized carbons (Fsp3) is 1.00. The predicted molar refractivity (Wildman–Crippen MR) is 63.1 cm³/mol. The van der Waals surface area contributed by atoms with Gasteiger partial charge in [0.05, 0.1) is 6.61 Å². The first kappa shape index (κ1) is 15.1. The summed E-state index contributed by atoms with van der Waals surface area (Å²) in [6.07, 6.45) is 0.955. The van der Waals surface area contributed by atoms with Crippen LogP contribution in [-0.4, -0.2) is 72.0 Å². The van der Waals surface area contributed by atoms with E-state index < -0.39 is 5.51 Å². The lowest BCUT2D eigenvalue weighted by Crippen LogP contribution is -2.33. The van der Waals surface area contributed by atoms with Crippen molar-refractivity contribution in [3.05, 3.63) is 0 Å². The Morgan fingerprint density at radius 1 is 1.00 bits per heavy atom. The maximum absolute atomic E-state index is 12.0. The quantitative estimate of drug-likeness (QED) is 0.814. The number of alkyl halides is 3. The highest BCUT2D eigenvalue weighted by Gasteiger charge is 2.28. The third kappa shape index (κ3) is 7.13. The molecular formula is C10H19F3N2OS. The minimum absolute atomic E-state index is 0.0498. The van der Waals surface area contributed by atoms with Gasteiger partial charge in [-0.2, -0.15) is 13.2 Å². The van der Waals surface area contributed by atoms with E-state index in [2.05, 4.69) is 9.80 Å². The molecule has 17 heavy (non-hydrogen) atoms. The van der Waals surface area contributed by atoms with Crippen LogP contribution in [0.3, 0.4) is 0 Å². The standard InChI is InChI=1S/C10H19F3N2OS/c11-10(12,13)17-9-7-15-3-1-2-14(4-5-15)6-8-16/h16H,1-9H2. The molecule has 1 heterocycles. The van der Waals surface area contributed by atoms with Gasteiger partial charge in [0.1, 0.15) is 0 Å². The number of thioether (sulfide) groups is 1. The molecule has 0 radical (unpaired) electrons. The highest BCUT2D eigenvalue weighted by atomic mass is 32.2. The van der Waals surface area contributed by atoms with Gasteiger partial charge in [0, 0.05) is 31.9 Å². The van der Waals surface area contributed by atoms with E-state index in [1.165, 1.54) is 0 Å². The lowest BCUT2D eigenvalue weighted by molar-refractivity contribution is -0.0328. The van der Waals surface area contributed by atoms with E-state index in [0.29, 0.717) is 13.1 Å². The van der Waals surface area contributed by atoms with Crippen LogP contribution >= 0.6 is 11.8 Å². The lowest BCUT2D eigenvalue weighted by atomic mass is 10.4. The van der Waals surface area contributed by atoms with Gasteiger partial charge in [-0.25, -0.2) is 0 Å². The Morgan fingerprint density at radius 2 is 1.59 bits per heavy atom. The number of aliphatic hydroxyl groups excluding tert-OH is 1. The molecule has 0 spiro atoms. The third-order valence-corrected chi connectivity index (χ3v) is 3.48. The minimum Gasteiger partial charge on any atom is -0.395 e. The minimum atomic E-state index is -4.12. The highest BCUT2D eigenvalue weighted by molar-refractivity contribution is 8.00. The van der Waals surface area contributed by atoms with Gasteiger partial charge in [0.15, 0.2) is 0 Å². The zero-order valence-electron chi connectivity index (χ0n) is 9.75. The molecule has 7 heteroatoms. The zero-order chi connectivity index (χ0) is 12.7. The number of β-amino-alcohol motifs (C(OH)–C–C–N with tert-alkyl or cyclic N) is 1. The van der Waals surface area contributed by atoms with Gasteiger partial charge in [-0.3, -0.25) is 4.90 Å². The van der Waals surface area contributed by atoms with Crippen LogP contribution in [0.25, 0.3) is 0 Å². The Kier molecular flexibility index (Phi) is 6.61. The van der Waals surface area contributed by atoms with Crippen molar-refractivity contribution < 1.29 is 18.3 Å². The molecule has 1 saturated heterocycles. The molecule has 0 aromatic carbocycles. The second-order valence-corrected chi connectivity index (χ2v) is 5.21. The summed E-state index contributed by atoms with van der Waals surface area (Å²) >= 11 is 0.0498. The molecule has 0 aromatic heterocycles. The summed E-state index contributed by atoms with van der Waals surface area (Å²) in [6.45, 7) is 4.67. The molecule has 0 aliphatic carbocycles. The maximum Gasteiger partial charge on any atom is 0.441 e. The van der Waals surface area contributed by atoms with Crippen LogP contribution in [0.4, 0.5) is 13.2 Å². The molecule has 0 bridgehead atoms. The summed E-state index contributed by atoms with van der Waals surface area (Å²) < 4.78 is 35.9. The number of hydrogen-bond donors (Lipinski definition) is 1. The molecule has 1 rings (SSSR count). The van der Waals surface area contributed by atoms with E-state index >= 15 is 0 Å². The monoisotopic (exact) mass is 272 g/mol. The molecule has 1 aliphatic rings. The average molecular weight is 272 g/mol. The maximum atomic E-state index is 12.0. The van der Waals surface area contributed by atoms with E-state index in [1.807, 2.05) is 0 Å². The van der Waals surface area contributed by atoms with E-state index in [9.17, 15) is 13.2 Å². The fourth-order valence-electron chi connectivity index (χ4n) is 1.90. The van der Waals surface area contributed by atoms with Gasteiger partial charge in [0.2, 0.25) is 0 Å². The second kappa shape index (κ2) is 7.45. The van der Waals surface area contributed by atoms with Crippen LogP contribution in [0.2, 0.25) is 0 Å². The van der Waals surface area contributed by atoms with Crippen molar-refractivity contribution in [3.8, 4) is 0 Å². The second-order valence-electron chi connectivity index (χ2n) is 4.05. The largest absolute Gasteiger partial charge is 0.441 e. The van der Waals surface area contributed by atoms with Gasteiger partial charge < -0.3 is 10.0 Å². The lowest BCUT2D eigenvalue weighted by Gasteiger charge is -2.21. The van der Waals surface area contributed by atoms with Crippen molar-refractivity contribution >= 4 is 11.8 Å². The third-order valence-electron chi connectivity index (χ3n) is 2.77. The first-order valence-electron chi connectivity index (χ1n) is 5.77. The summed E-state index contributed by atoms with van der Waals surface area (Å²) in [5.74, 6) is 0.101. The van der Waals surface area contributed by atoms with E-state index in [4.69, 9.17) is 5.11 Å². The molecule has 0 amide bonds.